The van der Waals surface area contributed by atoms with Crippen LogP contribution in [-0.4, -0.2) is 25.7 Å². The number of carbonyl (C=O) groups is 1. The number of aromatic nitrogens is 3. The number of rotatable bonds is 5. The van der Waals surface area contributed by atoms with E-state index in [1.54, 1.807) is 67.6 Å². The van der Waals surface area contributed by atoms with E-state index in [0.29, 0.717) is 33.6 Å². The van der Waals surface area contributed by atoms with Crippen LogP contribution >= 0.6 is 11.6 Å². The zero-order chi connectivity index (χ0) is 23.2. The van der Waals surface area contributed by atoms with E-state index in [-0.39, 0.29) is 0 Å². The molecule has 0 aliphatic carbocycles. The summed E-state index contributed by atoms with van der Waals surface area (Å²) in [5.41, 5.74) is 6.80. The van der Waals surface area contributed by atoms with E-state index in [2.05, 4.69) is 10.1 Å². The molecular formula is C25H19ClN4O3. The summed E-state index contributed by atoms with van der Waals surface area (Å²) in [5, 5.41) is 16.8. The predicted octanol–water partition coefficient (Wildman–Crippen LogP) is 4.36. The Balaban J connectivity index is 1.67. The lowest BCUT2D eigenvalue weighted by Gasteiger charge is -2.26. The van der Waals surface area contributed by atoms with Crippen molar-refractivity contribution in [3.8, 4) is 17.2 Å². The maximum Gasteiger partial charge on any atom is 0.258 e. The van der Waals surface area contributed by atoms with Crippen molar-refractivity contribution in [2.45, 2.75) is 12.5 Å². The lowest BCUT2D eigenvalue weighted by atomic mass is 9.85. The fourth-order valence-corrected chi connectivity index (χ4v) is 4.20. The molecule has 1 atom stereocenters. The standard InChI is InChI=1S/C25H19ClN4O3/c1-15-28-23(29-33-15)22-14-16-13-19(26)9-12-21(16)30(22)20-10-7-18(8-11-20)25(32,24(27)31)17-5-3-2-4-6-17/h2-14,32H,1H3,(H2,27,31). The molecule has 8 heteroatoms. The van der Waals surface area contributed by atoms with Crippen LogP contribution in [0.15, 0.2) is 83.4 Å². The van der Waals surface area contributed by atoms with Crippen molar-refractivity contribution in [3.63, 3.8) is 0 Å². The van der Waals surface area contributed by atoms with Crippen molar-refractivity contribution < 1.29 is 14.4 Å². The molecule has 0 radical (unpaired) electrons. The number of fused-ring (bicyclic) bond motifs is 1. The Bertz CT molecular complexity index is 1480. The van der Waals surface area contributed by atoms with E-state index in [1.165, 1.54) is 0 Å². The summed E-state index contributed by atoms with van der Waals surface area (Å²) in [5.74, 6) is 0.0249. The number of aryl methyl sites for hydroxylation is 1. The van der Waals surface area contributed by atoms with Crippen LogP contribution in [0.1, 0.15) is 17.0 Å². The largest absolute Gasteiger partial charge is 0.372 e. The second kappa shape index (κ2) is 7.88. The molecule has 0 fully saturated rings. The minimum Gasteiger partial charge on any atom is -0.372 e. The normalized spacial score (nSPS) is 13.2. The molecule has 0 saturated heterocycles. The Morgan fingerprint density at radius 3 is 2.36 bits per heavy atom. The van der Waals surface area contributed by atoms with Crippen LogP contribution in [0.25, 0.3) is 28.1 Å². The minimum absolute atomic E-state index is 0.362. The highest BCUT2D eigenvalue weighted by Crippen LogP contribution is 2.34. The first-order chi connectivity index (χ1) is 15.9. The van der Waals surface area contributed by atoms with E-state index in [0.717, 1.165) is 16.6 Å². The number of hydrogen-bond donors (Lipinski definition) is 2. The summed E-state index contributed by atoms with van der Waals surface area (Å²) in [6, 6.07) is 23.1. The van der Waals surface area contributed by atoms with Crippen LogP contribution in [-0.2, 0) is 10.4 Å². The van der Waals surface area contributed by atoms with Crippen LogP contribution in [0.5, 0.6) is 0 Å². The molecule has 0 saturated carbocycles. The number of nitrogens with two attached hydrogens (primary N) is 1. The zero-order valence-corrected chi connectivity index (χ0v) is 18.3. The SMILES string of the molecule is Cc1nc(-c2cc3cc(Cl)ccc3n2-c2ccc(C(O)(C(N)=O)c3ccccc3)cc2)no1. The number of nitrogens with zero attached hydrogens (tertiary/aromatic N) is 3. The first-order valence-electron chi connectivity index (χ1n) is 10.2. The maximum absolute atomic E-state index is 12.3. The summed E-state index contributed by atoms with van der Waals surface area (Å²) >= 11 is 6.20. The first-order valence-corrected chi connectivity index (χ1v) is 10.6. The first kappa shape index (κ1) is 20.9. The average molecular weight is 459 g/mol. The van der Waals surface area contributed by atoms with Gasteiger partial charge in [0.05, 0.1) is 11.2 Å². The molecule has 2 heterocycles. The van der Waals surface area contributed by atoms with Gasteiger partial charge >= 0.3 is 0 Å². The van der Waals surface area contributed by atoms with Gasteiger partial charge in [-0.15, -0.1) is 0 Å². The number of halogens is 1. The van der Waals surface area contributed by atoms with Crippen molar-refractivity contribution in [1.82, 2.24) is 14.7 Å². The number of aliphatic hydroxyl groups is 1. The molecule has 0 spiro atoms. The van der Waals surface area contributed by atoms with Gasteiger partial charge in [-0.25, -0.2) is 0 Å². The van der Waals surface area contributed by atoms with Crippen LogP contribution in [0.4, 0.5) is 0 Å². The smallest absolute Gasteiger partial charge is 0.258 e. The van der Waals surface area contributed by atoms with Gasteiger partial charge < -0.3 is 19.9 Å². The Morgan fingerprint density at radius 2 is 1.73 bits per heavy atom. The highest BCUT2D eigenvalue weighted by Gasteiger charge is 2.38. The van der Waals surface area contributed by atoms with Crippen molar-refractivity contribution in [1.29, 1.82) is 0 Å². The maximum atomic E-state index is 12.3. The highest BCUT2D eigenvalue weighted by atomic mass is 35.5. The predicted molar refractivity (Wildman–Crippen MR) is 125 cm³/mol. The number of benzene rings is 3. The molecule has 2 aromatic heterocycles. The highest BCUT2D eigenvalue weighted by molar-refractivity contribution is 6.31. The summed E-state index contributed by atoms with van der Waals surface area (Å²) in [7, 11) is 0. The lowest BCUT2D eigenvalue weighted by molar-refractivity contribution is -0.133. The van der Waals surface area contributed by atoms with Gasteiger partial charge in [0.1, 0.15) is 0 Å². The Morgan fingerprint density at radius 1 is 1.03 bits per heavy atom. The molecule has 5 aromatic rings. The third kappa shape index (κ3) is 3.47. The van der Waals surface area contributed by atoms with E-state index >= 15 is 0 Å². The molecule has 0 bridgehead atoms. The molecule has 33 heavy (non-hydrogen) atoms. The van der Waals surface area contributed by atoms with Gasteiger partial charge in [-0.3, -0.25) is 4.79 Å². The molecule has 7 nitrogen and oxygen atoms in total. The van der Waals surface area contributed by atoms with Crippen molar-refractivity contribution in [3.05, 3.63) is 101 Å². The van der Waals surface area contributed by atoms with Gasteiger partial charge in [-0.1, -0.05) is 59.2 Å². The lowest BCUT2D eigenvalue weighted by Crippen LogP contribution is -2.42. The van der Waals surface area contributed by atoms with E-state index in [9.17, 15) is 9.90 Å². The molecule has 0 aliphatic rings. The van der Waals surface area contributed by atoms with Gasteiger partial charge in [0.25, 0.3) is 5.91 Å². The Kier molecular flexibility index (Phi) is 5.00. The summed E-state index contributed by atoms with van der Waals surface area (Å²) < 4.78 is 7.15. The molecule has 1 amide bonds. The average Bonchev–Trinajstić information content (AvgIpc) is 3.42. The van der Waals surface area contributed by atoms with E-state index in [1.807, 2.05) is 22.8 Å². The number of primary amides is 1. The van der Waals surface area contributed by atoms with Gasteiger partial charge in [-0.2, -0.15) is 4.98 Å². The third-order valence-corrected chi connectivity index (χ3v) is 5.85. The van der Waals surface area contributed by atoms with Gasteiger partial charge in [0, 0.05) is 23.0 Å². The number of hydrogen-bond acceptors (Lipinski definition) is 5. The van der Waals surface area contributed by atoms with E-state index < -0.39 is 11.5 Å². The van der Waals surface area contributed by atoms with Crippen molar-refractivity contribution >= 4 is 28.4 Å². The number of amides is 1. The molecule has 3 N–H and O–H groups in total. The third-order valence-electron chi connectivity index (χ3n) is 5.61. The van der Waals surface area contributed by atoms with Crippen LogP contribution in [0.2, 0.25) is 5.02 Å². The topological polar surface area (TPSA) is 107 Å². The Hall–Kier alpha value is -3.94. The quantitative estimate of drug-likeness (QED) is 0.407. The molecule has 164 valence electrons. The summed E-state index contributed by atoms with van der Waals surface area (Å²) in [6.07, 6.45) is 0. The van der Waals surface area contributed by atoms with Crippen LogP contribution in [0, 0.1) is 6.92 Å². The number of carbonyl (C=O) groups excluding carboxylic acids is 1. The second-order valence-electron chi connectivity index (χ2n) is 7.69. The zero-order valence-electron chi connectivity index (χ0n) is 17.6. The molecular weight excluding hydrogens is 440 g/mol. The van der Waals surface area contributed by atoms with Gasteiger partial charge in [0.2, 0.25) is 11.7 Å². The molecule has 3 aromatic carbocycles. The van der Waals surface area contributed by atoms with Crippen LogP contribution < -0.4 is 5.73 Å². The second-order valence-corrected chi connectivity index (χ2v) is 8.13. The van der Waals surface area contributed by atoms with Crippen LogP contribution in [0.3, 0.4) is 0 Å². The van der Waals surface area contributed by atoms with Crippen molar-refractivity contribution in [2.24, 2.45) is 5.73 Å². The van der Waals surface area contributed by atoms with Gasteiger partial charge in [0.15, 0.2) is 5.60 Å². The van der Waals surface area contributed by atoms with Crippen molar-refractivity contribution in [2.75, 3.05) is 0 Å². The summed E-state index contributed by atoms with van der Waals surface area (Å²) in [6.45, 7) is 1.73. The molecule has 1 unspecified atom stereocenters. The monoisotopic (exact) mass is 458 g/mol. The molecule has 5 rings (SSSR count). The minimum atomic E-state index is -1.96. The summed E-state index contributed by atoms with van der Waals surface area (Å²) in [4.78, 5) is 16.7. The Labute approximate surface area is 194 Å². The van der Waals surface area contributed by atoms with E-state index in [4.69, 9.17) is 21.9 Å². The molecule has 0 aliphatic heterocycles. The van der Waals surface area contributed by atoms with Gasteiger partial charge in [-0.05, 0) is 47.5 Å². The fraction of sp³-hybridized carbons (Fsp3) is 0.0800. The fourth-order valence-electron chi connectivity index (χ4n) is 4.01.